The van der Waals surface area contributed by atoms with E-state index in [-0.39, 0.29) is 11.2 Å². The first-order chi connectivity index (χ1) is 12.3. The zero-order chi connectivity index (χ0) is 19.2. The van der Waals surface area contributed by atoms with Crippen LogP contribution in [0.3, 0.4) is 0 Å². The lowest BCUT2D eigenvalue weighted by Crippen LogP contribution is -2.38. The second kappa shape index (κ2) is 8.83. The highest BCUT2D eigenvalue weighted by Gasteiger charge is 2.19. The Balaban J connectivity index is 1.93. The van der Waals surface area contributed by atoms with Gasteiger partial charge in [-0.2, -0.15) is 0 Å². The van der Waals surface area contributed by atoms with E-state index in [4.69, 9.17) is 4.42 Å². The van der Waals surface area contributed by atoms with Crippen molar-refractivity contribution in [1.82, 2.24) is 15.6 Å². The summed E-state index contributed by atoms with van der Waals surface area (Å²) >= 11 is 0. The summed E-state index contributed by atoms with van der Waals surface area (Å²) in [7, 11) is 0. The molecular weight excluding hydrogens is 331 g/mol. The molecule has 0 spiro atoms. The molecule has 2 aromatic rings. The lowest BCUT2D eigenvalue weighted by molar-refractivity contribution is 0.383. The summed E-state index contributed by atoms with van der Waals surface area (Å²) < 4.78 is 18.9. The third kappa shape index (κ3) is 5.86. The summed E-state index contributed by atoms with van der Waals surface area (Å²) in [5.41, 5.74) is 2.02. The number of guanidine groups is 1. The second-order valence-corrected chi connectivity index (χ2v) is 7.31. The number of oxazole rings is 1. The molecule has 5 nitrogen and oxygen atoms in total. The van der Waals surface area contributed by atoms with Gasteiger partial charge in [0, 0.05) is 18.5 Å². The van der Waals surface area contributed by atoms with E-state index in [1.165, 1.54) is 6.07 Å². The lowest BCUT2D eigenvalue weighted by atomic mass is 9.94. The molecule has 0 saturated carbocycles. The predicted octanol–water partition coefficient (Wildman–Crippen LogP) is 3.72. The van der Waals surface area contributed by atoms with E-state index in [9.17, 15) is 4.39 Å². The predicted molar refractivity (Wildman–Crippen MR) is 103 cm³/mol. The highest BCUT2D eigenvalue weighted by Crippen LogP contribution is 2.22. The van der Waals surface area contributed by atoms with Gasteiger partial charge in [0.05, 0.1) is 6.20 Å². The Morgan fingerprint density at radius 1 is 1.27 bits per heavy atom. The number of benzene rings is 1. The van der Waals surface area contributed by atoms with Crippen molar-refractivity contribution in [1.29, 1.82) is 0 Å². The summed E-state index contributed by atoms with van der Waals surface area (Å²) in [6, 6.07) is 4.89. The smallest absolute Gasteiger partial charge is 0.216 e. The number of halogens is 1. The number of nitrogens with one attached hydrogen (secondary N) is 2. The molecule has 1 aromatic carbocycles. The molecule has 0 unspecified atom stereocenters. The van der Waals surface area contributed by atoms with Crippen LogP contribution in [0.4, 0.5) is 4.39 Å². The van der Waals surface area contributed by atoms with E-state index in [2.05, 4.69) is 41.4 Å². The van der Waals surface area contributed by atoms with Gasteiger partial charge in [-0.25, -0.2) is 14.4 Å². The number of aliphatic imine (C=N–C) groups is 1. The molecule has 1 heterocycles. The van der Waals surface area contributed by atoms with Crippen LogP contribution in [0.2, 0.25) is 0 Å². The van der Waals surface area contributed by atoms with Gasteiger partial charge < -0.3 is 15.1 Å². The summed E-state index contributed by atoms with van der Waals surface area (Å²) in [5.74, 6) is 1.96. The van der Waals surface area contributed by atoms with Gasteiger partial charge in [0.1, 0.15) is 18.1 Å². The molecule has 0 amide bonds. The first-order valence-corrected chi connectivity index (χ1v) is 9.02. The highest BCUT2D eigenvalue weighted by molar-refractivity contribution is 5.79. The van der Waals surface area contributed by atoms with Crippen molar-refractivity contribution >= 4 is 5.96 Å². The molecule has 0 radical (unpaired) electrons. The molecular formula is C20H29FN4O. The van der Waals surface area contributed by atoms with Crippen LogP contribution < -0.4 is 10.6 Å². The van der Waals surface area contributed by atoms with Crippen LogP contribution in [-0.2, 0) is 18.4 Å². The maximum absolute atomic E-state index is 13.2. The standard InChI is InChI=1S/C20H29FN4O/c1-6-22-19(23-10-9-15-7-8-16(21)11-14(15)2)25-13-18-24-12-17(26-18)20(3,4)5/h7-8,11-12H,6,9-10,13H2,1-5H3,(H2,22,23,25). The zero-order valence-corrected chi connectivity index (χ0v) is 16.3. The molecule has 0 aliphatic heterocycles. The van der Waals surface area contributed by atoms with E-state index in [1.807, 2.05) is 19.9 Å². The molecule has 2 N–H and O–H groups in total. The molecule has 1 aromatic heterocycles. The van der Waals surface area contributed by atoms with Crippen LogP contribution >= 0.6 is 0 Å². The van der Waals surface area contributed by atoms with Crippen molar-refractivity contribution in [2.45, 2.75) is 53.0 Å². The van der Waals surface area contributed by atoms with Crippen molar-refractivity contribution < 1.29 is 8.81 Å². The van der Waals surface area contributed by atoms with Crippen molar-refractivity contribution in [3.8, 4) is 0 Å². The highest BCUT2D eigenvalue weighted by atomic mass is 19.1. The number of hydrogen-bond acceptors (Lipinski definition) is 3. The summed E-state index contributed by atoms with van der Waals surface area (Å²) in [4.78, 5) is 8.82. The number of rotatable bonds is 6. The zero-order valence-electron chi connectivity index (χ0n) is 16.3. The van der Waals surface area contributed by atoms with Gasteiger partial charge in [0.15, 0.2) is 5.96 Å². The van der Waals surface area contributed by atoms with E-state index in [0.29, 0.717) is 24.9 Å². The van der Waals surface area contributed by atoms with Crippen LogP contribution in [0, 0.1) is 12.7 Å². The van der Waals surface area contributed by atoms with Gasteiger partial charge in [0.2, 0.25) is 5.89 Å². The third-order valence-electron chi connectivity index (χ3n) is 4.00. The summed E-state index contributed by atoms with van der Waals surface area (Å²) in [6.07, 6.45) is 2.56. The fourth-order valence-electron chi connectivity index (χ4n) is 2.47. The molecule has 26 heavy (non-hydrogen) atoms. The van der Waals surface area contributed by atoms with E-state index in [0.717, 1.165) is 29.9 Å². The Labute approximate surface area is 155 Å². The van der Waals surface area contributed by atoms with Crippen molar-refractivity contribution in [3.05, 3.63) is 53.0 Å². The number of nitrogens with zero attached hydrogens (tertiary/aromatic N) is 2. The second-order valence-electron chi connectivity index (χ2n) is 7.31. The SMILES string of the molecule is CCNC(=NCc1ncc(C(C)(C)C)o1)NCCc1ccc(F)cc1C. The average molecular weight is 360 g/mol. The van der Waals surface area contributed by atoms with Gasteiger partial charge >= 0.3 is 0 Å². The van der Waals surface area contributed by atoms with Gasteiger partial charge in [0.25, 0.3) is 0 Å². The maximum Gasteiger partial charge on any atom is 0.216 e. The minimum Gasteiger partial charge on any atom is -0.443 e. The minimum atomic E-state index is -0.199. The molecule has 142 valence electrons. The lowest BCUT2D eigenvalue weighted by Gasteiger charge is -2.13. The largest absolute Gasteiger partial charge is 0.443 e. The Kier molecular flexibility index (Phi) is 6.77. The summed E-state index contributed by atoms with van der Waals surface area (Å²) in [5, 5.41) is 6.50. The van der Waals surface area contributed by atoms with E-state index in [1.54, 1.807) is 12.3 Å². The molecule has 0 saturated heterocycles. The molecule has 0 aliphatic rings. The van der Waals surface area contributed by atoms with Crippen LogP contribution in [0.25, 0.3) is 0 Å². The van der Waals surface area contributed by atoms with Crippen molar-refractivity contribution in [3.63, 3.8) is 0 Å². The minimum absolute atomic E-state index is 0.0648. The quantitative estimate of drug-likeness (QED) is 0.609. The monoisotopic (exact) mass is 360 g/mol. The van der Waals surface area contributed by atoms with Crippen molar-refractivity contribution in [2.75, 3.05) is 13.1 Å². The molecule has 6 heteroatoms. The first-order valence-electron chi connectivity index (χ1n) is 9.02. The normalized spacial score (nSPS) is 12.3. The third-order valence-corrected chi connectivity index (χ3v) is 4.00. The molecule has 0 fully saturated rings. The van der Waals surface area contributed by atoms with E-state index >= 15 is 0 Å². The number of aryl methyl sites for hydroxylation is 1. The Hall–Kier alpha value is -2.37. The van der Waals surface area contributed by atoms with Crippen LogP contribution in [0.1, 0.15) is 50.5 Å². The first kappa shape index (κ1) is 19.9. The van der Waals surface area contributed by atoms with Crippen LogP contribution in [-0.4, -0.2) is 24.0 Å². The Bertz CT molecular complexity index is 747. The molecule has 0 atom stereocenters. The van der Waals surface area contributed by atoms with Gasteiger partial charge in [-0.05, 0) is 43.5 Å². The maximum atomic E-state index is 13.2. The van der Waals surface area contributed by atoms with Gasteiger partial charge in [-0.1, -0.05) is 26.8 Å². The topological polar surface area (TPSA) is 62.5 Å². The van der Waals surface area contributed by atoms with Gasteiger partial charge in [-0.15, -0.1) is 0 Å². The average Bonchev–Trinajstić information content (AvgIpc) is 3.04. The summed E-state index contributed by atoms with van der Waals surface area (Å²) in [6.45, 7) is 12.0. The molecule has 0 bridgehead atoms. The van der Waals surface area contributed by atoms with Crippen molar-refractivity contribution in [2.24, 2.45) is 4.99 Å². The van der Waals surface area contributed by atoms with Crippen LogP contribution in [0.5, 0.6) is 0 Å². The Morgan fingerprint density at radius 3 is 2.65 bits per heavy atom. The Morgan fingerprint density at radius 2 is 2.04 bits per heavy atom. The fourth-order valence-corrected chi connectivity index (χ4v) is 2.47. The molecule has 2 rings (SSSR count). The van der Waals surface area contributed by atoms with E-state index < -0.39 is 0 Å². The number of aromatic nitrogens is 1. The fraction of sp³-hybridized carbons (Fsp3) is 0.500. The molecule has 0 aliphatic carbocycles. The van der Waals surface area contributed by atoms with Gasteiger partial charge in [-0.3, -0.25) is 0 Å². The van der Waals surface area contributed by atoms with Crippen LogP contribution in [0.15, 0.2) is 33.8 Å². The number of hydrogen-bond donors (Lipinski definition) is 2.